The number of hydrogen-bond donors (Lipinski definition) is 3. The van der Waals surface area contributed by atoms with Crippen LogP contribution in [0.5, 0.6) is 0 Å². The van der Waals surface area contributed by atoms with Crippen molar-refractivity contribution in [3.8, 4) is 0 Å². The predicted molar refractivity (Wildman–Crippen MR) is 184 cm³/mol. The van der Waals surface area contributed by atoms with Gasteiger partial charge in [0.15, 0.2) is 5.78 Å². The van der Waals surface area contributed by atoms with Gasteiger partial charge in [-0.15, -0.1) is 0 Å². The standard InChI is InChI=1S/C21H32O5.C4H3S.3C4H9.Sn/c1-19-7-5-13(23)9-12(19)3-4-14-15-6-8-21(26,17(25)11-22)20(15,2)10-16(24)18(14)19;1-2-4-5-3-1;3*1-3-4-2;/h12-15,18,22-23,26H,3-11H2,1-2H3;1-3H;3*1,3-4H2,2H3;/t12-,13-,14+,15+,18-,19+,20+,21+;;;;;/m1...../s1. The van der Waals surface area contributed by atoms with Gasteiger partial charge in [-0.25, -0.2) is 0 Å². The summed E-state index contributed by atoms with van der Waals surface area (Å²) in [6, 6.07) is 4.76. The molecule has 0 aromatic carbocycles. The molecule has 0 saturated heterocycles. The molecule has 44 heavy (non-hydrogen) atoms. The van der Waals surface area contributed by atoms with E-state index >= 15 is 0 Å². The molecule has 8 atom stereocenters. The van der Waals surface area contributed by atoms with Crippen LogP contribution in [0.25, 0.3) is 0 Å². The first-order valence-corrected chi connectivity index (χ1v) is 26.4. The Kier molecular flexibility index (Phi) is 12.7. The normalized spacial score (nSPS) is 36.5. The first kappa shape index (κ1) is 36.6. The van der Waals surface area contributed by atoms with E-state index in [9.17, 15) is 24.9 Å². The van der Waals surface area contributed by atoms with Gasteiger partial charge in [0, 0.05) is 17.8 Å². The minimum absolute atomic E-state index is 0.0154. The molecule has 4 aliphatic carbocycles. The summed E-state index contributed by atoms with van der Waals surface area (Å²) >= 11 is 0.0608. The third-order valence-corrected chi connectivity index (χ3v) is 32.4. The number of carbonyl (C=O) groups is 2. The molecule has 0 radical (unpaired) electrons. The van der Waals surface area contributed by atoms with Crippen molar-refractivity contribution in [2.45, 2.75) is 150 Å². The number of unbranched alkanes of at least 4 members (excludes halogenated alkanes) is 3. The number of fused-ring (bicyclic) bond motifs is 5. The van der Waals surface area contributed by atoms with Crippen molar-refractivity contribution in [1.82, 2.24) is 0 Å². The Morgan fingerprint density at radius 3 is 2.16 bits per heavy atom. The molecule has 5 rings (SSSR count). The summed E-state index contributed by atoms with van der Waals surface area (Å²) in [6.07, 6.45) is 14.0. The summed E-state index contributed by atoms with van der Waals surface area (Å²) in [7, 11) is 0. The van der Waals surface area contributed by atoms with Crippen molar-refractivity contribution in [1.29, 1.82) is 0 Å². The number of aliphatic hydroxyl groups is 3. The maximum Gasteiger partial charge on any atom is 0.190 e. The first-order valence-electron chi connectivity index (χ1n) is 18.1. The molecule has 3 N–H and O–H groups in total. The summed E-state index contributed by atoms with van der Waals surface area (Å²) in [5.41, 5.74) is -2.40. The third-order valence-electron chi connectivity index (χ3n) is 13.2. The van der Waals surface area contributed by atoms with Crippen molar-refractivity contribution in [2.24, 2.45) is 34.5 Å². The molecule has 250 valence electrons. The Balaban J connectivity index is 0.000000217. The van der Waals surface area contributed by atoms with E-state index in [2.05, 4.69) is 56.5 Å². The number of hydrogen-bond acceptors (Lipinski definition) is 6. The molecule has 0 unspecified atom stereocenters. The van der Waals surface area contributed by atoms with Gasteiger partial charge in [-0.05, 0) is 68.1 Å². The van der Waals surface area contributed by atoms with Crippen molar-refractivity contribution >= 4 is 44.2 Å². The van der Waals surface area contributed by atoms with E-state index < -0.39 is 41.8 Å². The second-order valence-corrected chi connectivity index (χ2v) is 30.7. The van der Waals surface area contributed by atoms with E-state index in [4.69, 9.17) is 0 Å². The molecule has 1 heterocycles. The van der Waals surface area contributed by atoms with Gasteiger partial charge in [-0.2, -0.15) is 0 Å². The van der Waals surface area contributed by atoms with Crippen molar-refractivity contribution in [3.05, 3.63) is 17.5 Å². The topological polar surface area (TPSA) is 94.8 Å². The fourth-order valence-electron chi connectivity index (χ4n) is 10.5. The zero-order chi connectivity index (χ0) is 32.2. The van der Waals surface area contributed by atoms with E-state index in [0.717, 1.165) is 38.5 Å². The van der Waals surface area contributed by atoms with Gasteiger partial charge in [0.25, 0.3) is 0 Å². The van der Waals surface area contributed by atoms with Crippen LogP contribution in [0, 0.1) is 34.5 Å². The van der Waals surface area contributed by atoms with Crippen molar-refractivity contribution in [2.75, 3.05) is 6.61 Å². The monoisotopic (exact) mass is 738 g/mol. The minimum Gasteiger partial charge on any atom is -0.393 e. The Morgan fingerprint density at radius 2 is 1.61 bits per heavy atom. The van der Waals surface area contributed by atoms with E-state index in [1.807, 2.05) is 9.82 Å². The second kappa shape index (κ2) is 15.3. The van der Waals surface area contributed by atoms with Gasteiger partial charge in [0.1, 0.15) is 18.0 Å². The Bertz CT molecular complexity index is 1070. The van der Waals surface area contributed by atoms with Crippen LogP contribution < -0.4 is 2.89 Å². The van der Waals surface area contributed by atoms with Gasteiger partial charge in [-0.3, -0.25) is 9.59 Å². The van der Waals surface area contributed by atoms with Crippen molar-refractivity contribution in [3.63, 3.8) is 0 Å². The van der Waals surface area contributed by atoms with Crippen LogP contribution in [-0.4, -0.2) is 63.6 Å². The molecule has 0 bridgehead atoms. The maximum absolute atomic E-state index is 13.4. The molecule has 5 nitrogen and oxygen atoms in total. The smallest absolute Gasteiger partial charge is 0.190 e. The zero-order valence-electron chi connectivity index (χ0n) is 28.4. The third kappa shape index (κ3) is 6.82. The average molecular weight is 738 g/mol. The molecule has 4 fully saturated rings. The van der Waals surface area contributed by atoms with Gasteiger partial charge in [0.2, 0.25) is 0 Å². The Hall–Kier alpha value is -0.281. The van der Waals surface area contributed by atoms with Crippen LogP contribution in [-0.2, 0) is 9.59 Å². The number of carbonyl (C=O) groups excluding carboxylic acids is 2. The van der Waals surface area contributed by atoms with Gasteiger partial charge in [-0.1, -0.05) is 13.8 Å². The Morgan fingerprint density at radius 1 is 0.977 bits per heavy atom. The van der Waals surface area contributed by atoms with Crippen LogP contribution in [0.3, 0.4) is 0 Å². The quantitative estimate of drug-likeness (QED) is 0.192. The molecule has 0 spiro atoms. The number of aliphatic hydroxyl groups excluding tert-OH is 2. The van der Waals surface area contributed by atoms with E-state index in [-0.39, 0.29) is 41.5 Å². The summed E-state index contributed by atoms with van der Waals surface area (Å²) in [5, 5.41) is 32.9. The van der Waals surface area contributed by atoms with E-state index in [0.29, 0.717) is 12.3 Å². The molecule has 4 saturated carbocycles. The number of rotatable bonds is 12. The van der Waals surface area contributed by atoms with Gasteiger partial charge < -0.3 is 15.3 Å². The van der Waals surface area contributed by atoms with Crippen LogP contribution in [0.15, 0.2) is 17.5 Å². The molecule has 1 aromatic heterocycles. The number of ketones is 2. The maximum atomic E-state index is 13.4. The molecule has 7 heteroatoms. The zero-order valence-corrected chi connectivity index (χ0v) is 32.1. The van der Waals surface area contributed by atoms with Gasteiger partial charge >= 0.3 is 123 Å². The second-order valence-electron chi connectivity index (χ2n) is 15.6. The summed E-state index contributed by atoms with van der Waals surface area (Å²) in [5.74, 6) is 0.380. The van der Waals surface area contributed by atoms with Crippen LogP contribution in [0.4, 0.5) is 0 Å². The molecule has 0 amide bonds. The number of Topliss-reactive ketones (excluding diaryl/α,β-unsaturated/α-hetero) is 2. The number of thiophene rings is 1. The molecule has 4 aliphatic rings. The van der Waals surface area contributed by atoms with Gasteiger partial charge in [0.05, 0.1) is 6.10 Å². The van der Waals surface area contributed by atoms with E-state index in [1.54, 1.807) is 13.3 Å². The van der Waals surface area contributed by atoms with E-state index in [1.165, 1.54) is 38.5 Å². The SMILES string of the molecule is CCC[CH2][Sn]([CH2]CCC)([CH2]CCC)[c]1cccs1.C[C@]12CC[C@@H](O)C[C@H]1CC[C@@H]1[C@@H]2C(=O)C[C@@]2(C)[C@H]1CC[C@]2(O)C(=O)CO. The molecular weight excluding hydrogens is 675 g/mol. The summed E-state index contributed by atoms with van der Waals surface area (Å²) in [6.45, 7) is 10.5. The van der Waals surface area contributed by atoms with Crippen LogP contribution in [0.1, 0.15) is 125 Å². The van der Waals surface area contributed by atoms with Crippen molar-refractivity contribution < 1.29 is 24.9 Å². The minimum atomic E-state index is -2.01. The molecule has 1 aromatic rings. The average Bonchev–Trinajstić information content (AvgIpc) is 3.64. The summed E-state index contributed by atoms with van der Waals surface area (Å²) < 4.78 is 6.67. The van der Waals surface area contributed by atoms with Crippen LogP contribution >= 0.6 is 11.3 Å². The predicted octanol–water partition coefficient (Wildman–Crippen LogP) is 7.67. The molecular formula is C37H62O5SSn. The summed E-state index contributed by atoms with van der Waals surface area (Å²) in [4.78, 5) is 25.7. The molecule has 0 aliphatic heterocycles. The van der Waals surface area contributed by atoms with Crippen LogP contribution in [0.2, 0.25) is 13.3 Å². The largest absolute Gasteiger partial charge is 0.393 e. The Labute approximate surface area is 275 Å². The first-order chi connectivity index (χ1) is 21.0. The fourth-order valence-corrected chi connectivity index (χ4v) is 30.4. The fraction of sp³-hybridized carbons (Fsp3) is 0.838.